The monoisotopic (exact) mass is 466 g/mol. The summed E-state index contributed by atoms with van der Waals surface area (Å²) in [4.78, 5) is 26.0. The molecular formula is C21H22N8O3S. The van der Waals surface area contributed by atoms with Crippen LogP contribution in [0.1, 0.15) is 17.8 Å². The first kappa shape index (κ1) is 20.9. The molecule has 0 aliphatic heterocycles. The van der Waals surface area contributed by atoms with Gasteiger partial charge in [0.2, 0.25) is 10.0 Å². The number of para-hydroxylation sites is 2. The summed E-state index contributed by atoms with van der Waals surface area (Å²) < 4.78 is 25.4. The van der Waals surface area contributed by atoms with Gasteiger partial charge in [0.05, 0.1) is 40.9 Å². The van der Waals surface area contributed by atoms with Crippen LogP contribution in [-0.2, 0) is 22.9 Å². The minimum absolute atomic E-state index is 0.317. The summed E-state index contributed by atoms with van der Waals surface area (Å²) in [6, 6.07) is 8.62. The molecule has 5 rings (SSSR count). The number of hydrogen-bond donors (Lipinski definition) is 4. The molecule has 0 saturated heterocycles. The Morgan fingerprint density at radius 3 is 2.61 bits per heavy atom. The molecule has 1 aliphatic carbocycles. The summed E-state index contributed by atoms with van der Waals surface area (Å²) in [5, 5.41) is 12.0. The summed E-state index contributed by atoms with van der Waals surface area (Å²) in [5.74, 6) is 1.00. The zero-order chi connectivity index (χ0) is 23.2. The molecule has 12 heteroatoms. The fourth-order valence-corrected chi connectivity index (χ4v) is 4.38. The molecule has 0 spiro atoms. The largest absolute Gasteiger partial charge is 0.353 e. The van der Waals surface area contributed by atoms with E-state index < -0.39 is 10.0 Å². The number of fused-ring (bicyclic) bond motifs is 2. The maximum absolute atomic E-state index is 12.4. The zero-order valence-corrected chi connectivity index (χ0v) is 18.8. The van der Waals surface area contributed by atoms with E-state index in [2.05, 4.69) is 35.8 Å². The minimum Gasteiger partial charge on any atom is -0.353 e. The van der Waals surface area contributed by atoms with E-state index in [9.17, 15) is 13.2 Å². The third-order valence-corrected chi connectivity index (χ3v) is 6.76. The van der Waals surface area contributed by atoms with Crippen LogP contribution in [0.4, 0.5) is 28.7 Å². The van der Waals surface area contributed by atoms with Gasteiger partial charge in [0.15, 0.2) is 5.65 Å². The number of hydrogen-bond acceptors (Lipinski definition) is 8. The van der Waals surface area contributed by atoms with Crippen molar-refractivity contribution in [1.29, 1.82) is 0 Å². The molecule has 0 atom stereocenters. The molecule has 1 aliphatic rings. The fourth-order valence-electron chi connectivity index (χ4n) is 3.86. The fraction of sp³-hybridized carbons (Fsp3) is 0.238. The molecule has 0 bridgehead atoms. The lowest BCUT2D eigenvalue weighted by Gasteiger charge is -2.21. The van der Waals surface area contributed by atoms with Gasteiger partial charge in [-0.1, -0.05) is 12.1 Å². The molecule has 0 unspecified atom stereocenters. The summed E-state index contributed by atoms with van der Waals surface area (Å²) in [6.45, 7) is 0. The molecule has 0 radical (unpaired) electrons. The number of anilines is 5. The van der Waals surface area contributed by atoms with Crippen LogP contribution in [0.5, 0.6) is 0 Å². The maximum atomic E-state index is 12.4. The Bertz CT molecular complexity index is 1530. The highest BCUT2D eigenvalue weighted by Crippen LogP contribution is 2.32. The number of benzene rings is 1. The van der Waals surface area contributed by atoms with Crippen LogP contribution in [0.25, 0.3) is 11.0 Å². The molecule has 170 valence electrons. The number of nitrogens with one attached hydrogen (secondary N) is 4. The second-order valence-corrected chi connectivity index (χ2v) is 9.87. The van der Waals surface area contributed by atoms with E-state index >= 15 is 0 Å². The Balaban J connectivity index is 1.55. The summed E-state index contributed by atoms with van der Waals surface area (Å²) in [5.41, 5.74) is 3.40. The van der Waals surface area contributed by atoms with E-state index in [-0.39, 0.29) is 5.56 Å². The molecular weight excluding hydrogens is 444 g/mol. The van der Waals surface area contributed by atoms with E-state index in [1.807, 2.05) is 0 Å². The first-order valence-electron chi connectivity index (χ1n) is 10.3. The minimum atomic E-state index is -3.49. The highest BCUT2D eigenvalue weighted by molar-refractivity contribution is 7.92. The molecule has 33 heavy (non-hydrogen) atoms. The van der Waals surface area contributed by atoms with Crippen molar-refractivity contribution in [2.45, 2.75) is 19.3 Å². The third kappa shape index (κ3) is 4.00. The first-order valence-corrected chi connectivity index (χ1v) is 12.2. The van der Waals surface area contributed by atoms with Crippen molar-refractivity contribution in [3.8, 4) is 0 Å². The van der Waals surface area contributed by atoms with E-state index in [0.717, 1.165) is 36.9 Å². The molecule has 4 aromatic rings. The van der Waals surface area contributed by atoms with Crippen molar-refractivity contribution in [3.05, 3.63) is 58.3 Å². The van der Waals surface area contributed by atoms with Gasteiger partial charge in [-0.15, -0.1) is 0 Å². The number of rotatable bonds is 6. The summed E-state index contributed by atoms with van der Waals surface area (Å²) in [6.07, 6.45) is 5.67. The number of aryl methyl sites for hydroxylation is 2. The predicted octanol–water partition coefficient (Wildman–Crippen LogP) is 2.41. The zero-order valence-electron chi connectivity index (χ0n) is 18.0. The SMILES string of the molecule is CN(c1ccccc1Nc1cc(Nc2cnc3c(n2)CCC3)nc2[nH][nH]c(=O)c12)S(C)(=O)=O. The second-order valence-electron chi connectivity index (χ2n) is 7.86. The maximum Gasteiger partial charge on any atom is 0.275 e. The van der Waals surface area contributed by atoms with Crippen molar-refractivity contribution in [3.63, 3.8) is 0 Å². The summed E-state index contributed by atoms with van der Waals surface area (Å²) in [7, 11) is -2.01. The highest BCUT2D eigenvalue weighted by atomic mass is 32.2. The van der Waals surface area contributed by atoms with E-state index in [1.54, 1.807) is 36.5 Å². The lowest BCUT2D eigenvalue weighted by atomic mass is 10.2. The molecule has 4 N–H and O–H groups in total. The Kier molecular flexibility index (Phi) is 5.01. The molecule has 0 amide bonds. The Morgan fingerprint density at radius 1 is 1.00 bits per heavy atom. The normalized spacial score (nSPS) is 13.2. The lowest BCUT2D eigenvalue weighted by Crippen LogP contribution is -2.25. The highest BCUT2D eigenvalue weighted by Gasteiger charge is 2.19. The van der Waals surface area contributed by atoms with Gasteiger partial charge in [-0.05, 0) is 31.4 Å². The Labute approximate surface area is 189 Å². The topological polar surface area (TPSA) is 149 Å². The van der Waals surface area contributed by atoms with Crippen LogP contribution in [0, 0.1) is 0 Å². The van der Waals surface area contributed by atoms with Gasteiger partial charge in [-0.2, -0.15) is 0 Å². The standard InChI is InChI=1S/C21H22N8O3S/c1-29(33(2,31)32)16-9-4-3-6-14(16)23-15-10-17(26-20-19(15)21(30)28-27-20)25-18-11-22-12-7-5-8-13(12)24-18/h3-4,6,9-11H,5,7-8H2,1-2H3,(H4,23,24,25,26,27,28,30). The Hall–Kier alpha value is -3.93. The number of nitrogens with zero attached hydrogens (tertiary/aromatic N) is 4. The van der Waals surface area contributed by atoms with Crippen molar-refractivity contribution in [1.82, 2.24) is 25.1 Å². The van der Waals surface area contributed by atoms with Crippen LogP contribution in [0.3, 0.4) is 0 Å². The number of H-pyrrole nitrogens is 2. The molecule has 11 nitrogen and oxygen atoms in total. The lowest BCUT2D eigenvalue weighted by molar-refractivity contribution is 0.600. The van der Waals surface area contributed by atoms with Gasteiger partial charge in [0.1, 0.15) is 17.0 Å². The average molecular weight is 467 g/mol. The van der Waals surface area contributed by atoms with E-state index in [4.69, 9.17) is 0 Å². The van der Waals surface area contributed by atoms with Gasteiger partial charge >= 0.3 is 0 Å². The van der Waals surface area contributed by atoms with Crippen molar-refractivity contribution < 1.29 is 8.42 Å². The molecule has 3 heterocycles. The number of sulfonamides is 1. The predicted molar refractivity (Wildman–Crippen MR) is 127 cm³/mol. The van der Waals surface area contributed by atoms with E-state index in [1.165, 1.54) is 11.4 Å². The smallest absolute Gasteiger partial charge is 0.275 e. The van der Waals surface area contributed by atoms with E-state index in [0.29, 0.717) is 39.7 Å². The van der Waals surface area contributed by atoms with Gasteiger partial charge in [0, 0.05) is 13.1 Å². The molecule has 1 aromatic carbocycles. The van der Waals surface area contributed by atoms with Crippen LogP contribution in [-0.4, -0.2) is 46.9 Å². The van der Waals surface area contributed by atoms with Crippen molar-refractivity contribution >= 4 is 49.8 Å². The molecule has 3 aromatic heterocycles. The summed E-state index contributed by atoms with van der Waals surface area (Å²) >= 11 is 0. The first-order chi connectivity index (χ1) is 15.8. The van der Waals surface area contributed by atoms with Crippen LogP contribution in [0.2, 0.25) is 0 Å². The van der Waals surface area contributed by atoms with Gasteiger partial charge in [-0.25, -0.2) is 18.4 Å². The Morgan fingerprint density at radius 2 is 1.79 bits per heavy atom. The molecule has 0 saturated carbocycles. The average Bonchev–Trinajstić information content (AvgIpc) is 3.39. The number of pyridine rings is 1. The quantitative estimate of drug-likeness (QED) is 0.338. The van der Waals surface area contributed by atoms with Crippen LogP contribution in [0.15, 0.2) is 41.3 Å². The second kappa shape index (κ2) is 7.89. The van der Waals surface area contributed by atoms with Gasteiger partial charge in [-0.3, -0.25) is 24.3 Å². The van der Waals surface area contributed by atoms with Crippen LogP contribution < -0.4 is 20.5 Å². The number of aromatic amines is 2. The van der Waals surface area contributed by atoms with Crippen molar-refractivity contribution in [2.75, 3.05) is 28.2 Å². The van der Waals surface area contributed by atoms with Gasteiger partial charge < -0.3 is 10.6 Å². The number of aromatic nitrogens is 5. The van der Waals surface area contributed by atoms with Gasteiger partial charge in [0.25, 0.3) is 5.56 Å². The third-order valence-electron chi connectivity index (χ3n) is 5.57. The van der Waals surface area contributed by atoms with Crippen molar-refractivity contribution in [2.24, 2.45) is 0 Å². The molecule has 0 fully saturated rings. The van der Waals surface area contributed by atoms with Crippen LogP contribution >= 0.6 is 0 Å².